The Labute approximate surface area is 87.6 Å². The minimum atomic E-state index is 0.564. The molecule has 0 saturated heterocycles. The number of hydrogen-bond donors (Lipinski definition) is 1. The van der Waals surface area contributed by atoms with Crippen LogP contribution in [0.4, 0.5) is 0 Å². The zero-order chi connectivity index (χ0) is 10.4. The van der Waals surface area contributed by atoms with Crippen molar-refractivity contribution in [1.29, 1.82) is 0 Å². The smallest absolute Gasteiger partial charge is 0.0618 e. The average Bonchev–Trinajstić information content (AvgIpc) is 2.09. The van der Waals surface area contributed by atoms with E-state index in [0.29, 0.717) is 6.04 Å². The summed E-state index contributed by atoms with van der Waals surface area (Å²) in [6, 6.07) is 1.36. The molecule has 1 aliphatic rings. The minimum absolute atomic E-state index is 0.564. The molecular formula is C11H24N2O. The average molecular weight is 200 g/mol. The maximum Gasteiger partial charge on any atom is 0.0618 e. The Morgan fingerprint density at radius 3 is 2.64 bits per heavy atom. The van der Waals surface area contributed by atoms with Crippen molar-refractivity contribution in [2.45, 2.75) is 44.2 Å². The normalized spacial score (nSPS) is 19.7. The lowest BCUT2D eigenvalue weighted by Gasteiger charge is -2.39. The van der Waals surface area contributed by atoms with E-state index in [1.165, 1.54) is 19.3 Å². The lowest BCUT2D eigenvalue weighted by molar-refractivity contribution is 0.0476. The van der Waals surface area contributed by atoms with Gasteiger partial charge in [0.05, 0.1) is 6.61 Å². The molecule has 1 atom stereocenters. The van der Waals surface area contributed by atoms with Crippen molar-refractivity contribution in [3.8, 4) is 0 Å². The van der Waals surface area contributed by atoms with E-state index < -0.39 is 0 Å². The highest BCUT2D eigenvalue weighted by Gasteiger charge is 2.26. The molecule has 0 bridgehead atoms. The van der Waals surface area contributed by atoms with Crippen LogP contribution in [-0.2, 0) is 4.74 Å². The molecule has 0 aliphatic heterocycles. The molecule has 1 unspecified atom stereocenters. The number of hydrogen-bond acceptors (Lipinski definition) is 3. The molecule has 1 rings (SSSR count). The number of likely N-dealkylation sites (N-methyl/N-ethyl adjacent to an activating group) is 1. The van der Waals surface area contributed by atoms with E-state index in [0.717, 1.165) is 32.0 Å². The van der Waals surface area contributed by atoms with Gasteiger partial charge in [0.15, 0.2) is 0 Å². The van der Waals surface area contributed by atoms with Gasteiger partial charge in [-0.2, -0.15) is 0 Å². The van der Waals surface area contributed by atoms with Crippen molar-refractivity contribution in [2.75, 3.05) is 27.3 Å². The van der Waals surface area contributed by atoms with Gasteiger partial charge in [-0.15, -0.1) is 0 Å². The zero-order valence-electron chi connectivity index (χ0n) is 9.54. The highest BCUT2D eigenvalue weighted by atomic mass is 16.5. The van der Waals surface area contributed by atoms with E-state index in [2.05, 4.69) is 11.9 Å². The molecule has 1 saturated carbocycles. The first-order chi connectivity index (χ1) is 6.79. The number of nitrogens with two attached hydrogens (primary N) is 1. The first-order valence-electron chi connectivity index (χ1n) is 5.70. The van der Waals surface area contributed by atoms with Gasteiger partial charge in [-0.05, 0) is 39.3 Å². The van der Waals surface area contributed by atoms with Gasteiger partial charge < -0.3 is 10.5 Å². The Morgan fingerprint density at radius 2 is 2.21 bits per heavy atom. The SMILES string of the molecule is COCC(CCCN)N(C)C1CCC1. The van der Waals surface area contributed by atoms with Crippen molar-refractivity contribution in [3.63, 3.8) is 0 Å². The van der Waals surface area contributed by atoms with Gasteiger partial charge in [-0.1, -0.05) is 6.42 Å². The molecule has 0 aromatic heterocycles. The molecule has 3 nitrogen and oxygen atoms in total. The molecule has 84 valence electrons. The van der Waals surface area contributed by atoms with Crippen LogP contribution in [0.5, 0.6) is 0 Å². The third kappa shape index (κ3) is 3.23. The van der Waals surface area contributed by atoms with E-state index in [1.807, 2.05) is 0 Å². The molecule has 3 heteroatoms. The van der Waals surface area contributed by atoms with Gasteiger partial charge in [-0.25, -0.2) is 0 Å². The molecule has 1 aliphatic carbocycles. The van der Waals surface area contributed by atoms with Crippen molar-refractivity contribution in [2.24, 2.45) is 5.73 Å². The summed E-state index contributed by atoms with van der Waals surface area (Å²) >= 11 is 0. The molecule has 0 radical (unpaired) electrons. The molecule has 0 aromatic carbocycles. The van der Waals surface area contributed by atoms with Crippen LogP contribution >= 0.6 is 0 Å². The van der Waals surface area contributed by atoms with Gasteiger partial charge in [0.25, 0.3) is 0 Å². The van der Waals surface area contributed by atoms with E-state index in [1.54, 1.807) is 7.11 Å². The minimum Gasteiger partial charge on any atom is -0.383 e. The fourth-order valence-corrected chi connectivity index (χ4v) is 2.04. The first-order valence-corrected chi connectivity index (χ1v) is 5.70. The summed E-state index contributed by atoms with van der Waals surface area (Å²) in [6.07, 6.45) is 6.38. The zero-order valence-corrected chi connectivity index (χ0v) is 9.54. The summed E-state index contributed by atoms with van der Waals surface area (Å²) in [7, 11) is 4.01. The van der Waals surface area contributed by atoms with Gasteiger partial charge >= 0.3 is 0 Å². The number of nitrogens with zero attached hydrogens (tertiary/aromatic N) is 1. The van der Waals surface area contributed by atoms with Crippen LogP contribution in [0.15, 0.2) is 0 Å². The lowest BCUT2D eigenvalue weighted by atomic mass is 9.90. The van der Waals surface area contributed by atoms with Crippen LogP contribution in [0.2, 0.25) is 0 Å². The number of rotatable bonds is 7. The van der Waals surface area contributed by atoms with Crippen LogP contribution in [0.25, 0.3) is 0 Å². The van der Waals surface area contributed by atoms with E-state index in [4.69, 9.17) is 10.5 Å². The quantitative estimate of drug-likeness (QED) is 0.671. The maximum absolute atomic E-state index is 5.54. The van der Waals surface area contributed by atoms with Crippen LogP contribution < -0.4 is 5.73 Å². The highest BCUT2D eigenvalue weighted by molar-refractivity contribution is 4.82. The van der Waals surface area contributed by atoms with Crippen molar-refractivity contribution >= 4 is 0 Å². The molecule has 1 fully saturated rings. The Bertz CT molecular complexity index is 148. The maximum atomic E-state index is 5.54. The summed E-state index contributed by atoms with van der Waals surface area (Å²) in [5.74, 6) is 0. The Hall–Kier alpha value is -0.120. The van der Waals surface area contributed by atoms with Crippen LogP contribution in [-0.4, -0.2) is 44.3 Å². The van der Waals surface area contributed by atoms with Crippen LogP contribution in [0.3, 0.4) is 0 Å². The van der Waals surface area contributed by atoms with E-state index in [9.17, 15) is 0 Å². The van der Waals surface area contributed by atoms with Crippen LogP contribution in [0, 0.1) is 0 Å². The fraction of sp³-hybridized carbons (Fsp3) is 1.00. The fourth-order valence-electron chi connectivity index (χ4n) is 2.04. The summed E-state index contributed by atoms with van der Waals surface area (Å²) in [5.41, 5.74) is 5.54. The summed E-state index contributed by atoms with van der Waals surface area (Å²) < 4.78 is 5.26. The lowest BCUT2D eigenvalue weighted by Crippen LogP contribution is -2.46. The second-order valence-electron chi connectivity index (χ2n) is 4.29. The van der Waals surface area contributed by atoms with Gasteiger partial charge in [-0.3, -0.25) is 4.90 Å². The monoisotopic (exact) mass is 200 g/mol. The number of ether oxygens (including phenoxy) is 1. The Kier molecular flexibility index (Phi) is 5.45. The third-order valence-electron chi connectivity index (χ3n) is 3.33. The molecule has 14 heavy (non-hydrogen) atoms. The Morgan fingerprint density at radius 1 is 1.50 bits per heavy atom. The first kappa shape index (κ1) is 12.0. The number of methoxy groups -OCH3 is 1. The van der Waals surface area contributed by atoms with Crippen molar-refractivity contribution in [1.82, 2.24) is 4.90 Å². The highest BCUT2D eigenvalue weighted by Crippen LogP contribution is 2.26. The molecule has 2 N–H and O–H groups in total. The molecule has 0 amide bonds. The van der Waals surface area contributed by atoms with Crippen molar-refractivity contribution < 1.29 is 4.74 Å². The molecule has 0 spiro atoms. The predicted molar refractivity (Wildman–Crippen MR) is 59.4 cm³/mol. The summed E-state index contributed by atoms with van der Waals surface area (Å²) in [6.45, 7) is 1.63. The standard InChI is InChI=1S/C11H24N2O/c1-13(10-5-3-6-10)11(9-14-2)7-4-8-12/h10-11H,3-9,12H2,1-2H3. The van der Waals surface area contributed by atoms with Gasteiger partial charge in [0.2, 0.25) is 0 Å². The largest absolute Gasteiger partial charge is 0.383 e. The van der Waals surface area contributed by atoms with E-state index in [-0.39, 0.29) is 0 Å². The van der Waals surface area contributed by atoms with E-state index >= 15 is 0 Å². The summed E-state index contributed by atoms with van der Waals surface area (Å²) in [4.78, 5) is 2.49. The Balaban J connectivity index is 2.30. The van der Waals surface area contributed by atoms with Crippen molar-refractivity contribution in [3.05, 3.63) is 0 Å². The molecule has 0 aromatic rings. The van der Waals surface area contributed by atoms with Gasteiger partial charge in [0.1, 0.15) is 0 Å². The molecular weight excluding hydrogens is 176 g/mol. The van der Waals surface area contributed by atoms with Gasteiger partial charge in [0, 0.05) is 19.2 Å². The predicted octanol–water partition coefficient (Wildman–Crippen LogP) is 1.22. The topological polar surface area (TPSA) is 38.5 Å². The third-order valence-corrected chi connectivity index (χ3v) is 3.33. The second-order valence-corrected chi connectivity index (χ2v) is 4.29. The van der Waals surface area contributed by atoms with Crippen LogP contribution in [0.1, 0.15) is 32.1 Å². The molecule has 0 heterocycles. The second kappa shape index (κ2) is 6.38. The summed E-state index contributed by atoms with van der Waals surface area (Å²) in [5, 5.41) is 0.